The van der Waals surface area contributed by atoms with Gasteiger partial charge in [-0.2, -0.15) is 0 Å². The van der Waals surface area contributed by atoms with Crippen molar-refractivity contribution in [2.45, 2.75) is 63.6 Å². The number of carbonyl (C=O) groups excluding carboxylic acids is 1. The summed E-state index contributed by atoms with van der Waals surface area (Å²) in [5.41, 5.74) is 1.21. The second kappa shape index (κ2) is 6.62. The fourth-order valence-electron chi connectivity index (χ4n) is 3.21. The Bertz CT molecular complexity index is 551. The molecule has 0 bridgehead atoms. The van der Waals surface area contributed by atoms with E-state index in [0.717, 1.165) is 31.4 Å². The summed E-state index contributed by atoms with van der Waals surface area (Å²) in [6, 6.07) is 8.97. The molecular formula is C19H28N2O2. The average molecular weight is 316 g/mol. The predicted octanol–water partition coefficient (Wildman–Crippen LogP) is 2.42. The molecular weight excluding hydrogens is 288 g/mol. The summed E-state index contributed by atoms with van der Waals surface area (Å²) in [6.07, 6.45) is 3.75. The van der Waals surface area contributed by atoms with Crippen LogP contribution in [-0.4, -0.2) is 40.6 Å². The fourth-order valence-corrected chi connectivity index (χ4v) is 3.21. The van der Waals surface area contributed by atoms with Gasteiger partial charge >= 0.3 is 0 Å². The summed E-state index contributed by atoms with van der Waals surface area (Å²) in [5, 5.41) is 14.0. The van der Waals surface area contributed by atoms with Crippen LogP contribution in [-0.2, 0) is 11.3 Å². The Balaban J connectivity index is 1.63. The molecule has 1 saturated heterocycles. The van der Waals surface area contributed by atoms with Crippen molar-refractivity contribution in [3.05, 3.63) is 35.4 Å². The Morgan fingerprint density at radius 3 is 2.61 bits per heavy atom. The van der Waals surface area contributed by atoms with Crippen LogP contribution in [0.15, 0.2) is 24.3 Å². The standard InChI is InChI=1S/C19H28N2O2/c1-14(2)16-6-4-15(5-7-16)12-21-11-3-10-19(23,18(21)22)13-20-17-8-9-17/h4-7,14,17,20,23H,3,8-13H2,1-2H3/t19-/m0/s1. The van der Waals surface area contributed by atoms with Gasteiger partial charge in [-0.25, -0.2) is 0 Å². The maximum Gasteiger partial charge on any atom is 0.256 e. The van der Waals surface area contributed by atoms with Gasteiger partial charge in [-0.15, -0.1) is 0 Å². The van der Waals surface area contributed by atoms with Crippen LogP contribution >= 0.6 is 0 Å². The molecule has 1 atom stereocenters. The Labute approximate surface area is 138 Å². The molecule has 2 fully saturated rings. The molecule has 4 nitrogen and oxygen atoms in total. The lowest BCUT2D eigenvalue weighted by Crippen LogP contribution is -2.57. The van der Waals surface area contributed by atoms with E-state index >= 15 is 0 Å². The maximum atomic E-state index is 12.7. The van der Waals surface area contributed by atoms with Crippen molar-refractivity contribution >= 4 is 5.91 Å². The molecule has 0 aromatic heterocycles. The molecule has 1 aliphatic carbocycles. The lowest BCUT2D eigenvalue weighted by atomic mass is 9.91. The van der Waals surface area contributed by atoms with Crippen LogP contribution in [0.1, 0.15) is 56.6 Å². The zero-order valence-corrected chi connectivity index (χ0v) is 14.2. The molecule has 2 N–H and O–H groups in total. The topological polar surface area (TPSA) is 52.6 Å². The molecule has 1 aliphatic heterocycles. The molecule has 2 aliphatic rings. The molecule has 1 saturated carbocycles. The molecule has 23 heavy (non-hydrogen) atoms. The highest BCUT2D eigenvalue weighted by atomic mass is 16.3. The number of hydrogen-bond donors (Lipinski definition) is 2. The summed E-state index contributed by atoms with van der Waals surface area (Å²) in [5.74, 6) is 0.393. The van der Waals surface area contributed by atoms with Crippen molar-refractivity contribution in [3.63, 3.8) is 0 Å². The number of benzene rings is 1. The van der Waals surface area contributed by atoms with Crippen LogP contribution in [0.5, 0.6) is 0 Å². The number of piperidine rings is 1. The molecule has 4 heteroatoms. The second-order valence-electron chi connectivity index (χ2n) is 7.41. The average Bonchev–Trinajstić information content (AvgIpc) is 3.35. The van der Waals surface area contributed by atoms with E-state index in [0.29, 0.717) is 31.5 Å². The van der Waals surface area contributed by atoms with E-state index in [1.165, 1.54) is 5.56 Å². The van der Waals surface area contributed by atoms with Crippen molar-refractivity contribution in [2.75, 3.05) is 13.1 Å². The lowest BCUT2D eigenvalue weighted by Gasteiger charge is -2.38. The van der Waals surface area contributed by atoms with Gasteiger partial charge in [-0.05, 0) is 42.7 Å². The van der Waals surface area contributed by atoms with Crippen molar-refractivity contribution in [1.29, 1.82) is 0 Å². The summed E-state index contributed by atoms with van der Waals surface area (Å²) in [6.45, 7) is 6.06. The number of nitrogens with one attached hydrogen (secondary N) is 1. The van der Waals surface area contributed by atoms with Crippen LogP contribution in [0.2, 0.25) is 0 Å². The molecule has 1 aromatic rings. The third-order valence-corrected chi connectivity index (χ3v) is 4.98. The van der Waals surface area contributed by atoms with Crippen molar-refractivity contribution in [1.82, 2.24) is 10.2 Å². The maximum absolute atomic E-state index is 12.7. The molecule has 1 amide bonds. The number of carbonyl (C=O) groups is 1. The first-order valence-electron chi connectivity index (χ1n) is 8.82. The highest BCUT2D eigenvalue weighted by Crippen LogP contribution is 2.26. The van der Waals surface area contributed by atoms with Crippen LogP contribution in [0.25, 0.3) is 0 Å². The normalized spacial score (nSPS) is 25.2. The summed E-state index contributed by atoms with van der Waals surface area (Å²) < 4.78 is 0. The first-order chi connectivity index (χ1) is 11.0. The van der Waals surface area contributed by atoms with Crippen LogP contribution < -0.4 is 5.32 Å². The van der Waals surface area contributed by atoms with Gasteiger partial charge in [0, 0.05) is 25.7 Å². The number of nitrogens with zero attached hydrogens (tertiary/aromatic N) is 1. The van der Waals surface area contributed by atoms with E-state index in [1.54, 1.807) is 0 Å². The smallest absolute Gasteiger partial charge is 0.256 e. The first kappa shape index (κ1) is 16.5. The van der Waals surface area contributed by atoms with Gasteiger partial charge in [0.15, 0.2) is 5.60 Å². The minimum atomic E-state index is -1.22. The predicted molar refractivity (Wildman–Crippen MR) is 91.2 cm³/mol. The molecule has 126 valence electrons. The second-order valence-corrected chi connectivity index (χ2v) is 7.41. The SMILES string of the molecule is CC(C)c1ccc(CN2CCC[C@](O)(CNC3CC3)C2=O)cc1. The number of hydrogen-bond acceptors (Lipinski definition) is 3. The Morgan fingerprint density at radius 2 is 2.00 bits per heavy atom. The minimum Gasteiger partial charge on any atom is -0.379 e. The van der Waals surface area contributed by atoms with Gasteiger partial charge < -0.3 is 15.3 Å². The molecule has 0 unspecified atom stereocenters. The van der Waals surface area contributed by atoms with E-state index in [2.05, 4.69) is 43.4 Å². The highest BCUT2D eigenvalue weighted by Gasteiger charge is 2.42. The number of amides is 1. The first-order valence-corrected chi connectivity index (χ1v) is 8.82. The van der Waals surface area contributed by atoms with Gasteiger partial charge in [0.05, 0.1) is 0 Å². The summed E-state index contributed by atoms with van der Waals surface area (Å²) in [4.78, 5) is 14.5. The monoisotopic (exact) mass is 316 g/mol. The van der Waals surface area contributed by atoms with Gasteiger partial charge in [-0.1, -0.05) is 38.1 Å². The zero-order valence-electron chi connectivity index (χ0n) is 14.2. The van der Waals surface area contributed by atoms with E-state index in [1.807, 2.05) is 4.90 Å². The zero-order chi connectivity index (χ0) is 16.4. The third-order valence-electron chi connectivity index (χ3n) is 4.98. The Morgan fingerprint density at radius 1 is 1.30 bits per heavy atom. The number of likely N-dealkylation sites (tertiary alicyclic amines) is 1. The van der Waals surface area contributed by atoms with Crippen molar-refractivity contribution in [3.8, 4) is 0 Å². The van der Waals surface area contributed by atoms with Crippen LogP contribution in [0.4, 0.5) is 0 Å². The summed E-state index contributed by atoms with van der Waals surface area (Å²) >= 11 is 0. The quantitative estimate of drug-likeness (QED) is 0.847. The highest BCUT2D eigenvalue weighted by molar-refractivity contribution is 5.86. The van der Waals surface area contributed by atoms with Gasteiger partial charge in [0.2, 0.25) is 0 Å². The van der Waals surface area contributed by atoms with E-state index in [-0.39, 0.29) is 5.91 Å². The molecule has 1 aromatic carbocycles. The Hall–Kier alpha value is -1.39. The molecule has 3 rings (SSSR count). The van der Waals surface area contributed by atoms with Crippen molar-refractivity contribution in [2.24, 2.45) is 0 Å². The van der Waals surface area contributed by atoms with Gasteiger partial charge in [0.25, 0.3) is 5.91 Å². The van der Waals surface area contributed by atoms with Gasteiger partial charge in [0.1, 0.15) is 0 Å². The number of aliphatic hydroxyl groups is 1. The third kappa shape index (κ3) is 3.93. The van der Waals surface area contributed by atoms with E-state index in [4.69, 9.17) is 0 Å². The Kier molecular flexibility index (Phi) is 4.74. The lowest BCUT2D eigenvalue weighted by molar-refractivity contribution is -0.157. The van der Waals surface area contributed by atoms with Gasteiger partial charge in [-0.3, -0.25) is 4.79 Å². The number of rotatable bonds is 6. The molecule has 0 radical (unpaired) electrons. The largest absolute Gasteiger partial charge is 0.379 e. The van der Waals surface area contributed by atoms with E-state index in [9.17, 15) is 9.90 Å². The fraction of sp³-hybridized carbons (Fsp3) is 0.632. The summed E-state index contributed by atoms with van der Waals surface area (Å²) in [7, 11) is 0. The van der Waals surface area contributed by atoms with Crippen LogP contribution in [0, 0.1) is 0 Å². The molecule has 1 heterocycles. The van der Waals surface area contributed by atoms with Crippen molar-refractivity contribution < 1.29 is 9.90 Å². The minimum absolute atomic E-state index is 0.121. The molecule has 0 spiro atoms. The van der Waals surface area contributed by atoms with E-state index < -0.39 is 5.60 Å². The van der Waals surface area contributed by atoms with Crippen LogP contribution in [0.3, 0.4) is 0 Å².